The number of hydrogen-bond acceptors (Lipinski definition) is 2. The lowest BCUT2D eigenvalue weighted by atomic mass is 9.99. The molecule has 0 spiro atoms. The summed E-state index contributed by atoms with van der Waals surface area (Å²) in [4.78, 5) is 10.8. The van der Waals surface area contributed by atoms with Crippen LogP contribution in [0.1, 0.15) is 28.4 Å². The first-order valence-corrected chi connectivity index (χ1v) is 4.06. The minimum Gasteiger partial charge on any atom is -0.478 e. The Hall–Kier alpha value is -1.89. The van der Waals surface area contributed by atoms with E-state index >= 15 is 0 Å². The molecule has 0 radical (unpaired) electrons. The predicted molar refractivity (Wildman–Crippen MR) is 47.5 cm³/mol. The molecule has 0 aliphatic heterocycles. The molecule has 4 heteroatoms. The Morgan fingerprint density at radius 3 is 2.71 bits per heavy atom. The van der Waals surface area contributed by atoms with Gasteiger partial charge in [0.2, 0.25) is 0 Å². The fourth-order valence-corrected chi connectivity index (χ4v) is 1.27. The molecule has 1 aromatic rings. The molecule has 0 fully saturated rings. The number of aromatic carboxylic acids is 1. The summed E-state index contributed by atoms with van der Waals surface area (Å²) in [6, 6.07) is 4.07. The second-order valence-corrected chi connectivity index (χ2v) is 2.73. The van der Waals surface area contributed by atoms with Gasteiger partial charge in [0, 0.05) is 0 Å². The maximum atomic E-state index is 13.0. The van der Waals surface area contributed by atoms with E-state index in [-0.39, 0.29) is 5.56 Å². The second kappa shape index (κ2) is 3.88. The first-order chi connectivity index (χ1) is 6.61. The largest absolute Gasteiger partial charge is 0.478 e. The van der Waals surface area contributed by atoms with Crippen molar-refractivity contribution in [2.24, 2.45) is 0 Å². The van der Waals surface area contributed by atoms with Gasteiger partial charge in [0.15, 0.2) is 0 Å². The Morgan fingerprint density at radius 1 is 1.64 bits per heavy atom. The third kappa shape index (κ3) is 1.57. The summed E-state index contributed by atoms with van der Waals surface area (Å²) in [5.41, 5.74) is -0.151. The quantitative estimate of drug-likeness (QED) is 0.780. The zero-order valence-corrected chi connectivity index (χ0v) is 7.54. The summed E-state index contributed by atoms with van der Waals surface area (Å²) >= 11 is 0. The number of nitriles is 1. The highest BCUT2D eigenvalue weighted by Crippen LogP contribution is 2.18. The van der Waals surface area contributed by atoms with Crippen LogP contribution < -0.4 is 0 Å². The fraction of sp³-hybridized carbons (Fsp3) is 0.200. The highest BCUT2D eigenvalue weighted by atomic mass is 19.1. The number of nitrogens with zero attached hydrogens (tertiary/aromatic N) is 1. The lowest BCUT2D eigenvalue weighted by molar-refractivity contribution is 0.0695. The lowest BCUT2D eigenvalue weighted by Crippen LogP contribution is -2.07. The second-order valence-electron chi connectivity index (χ2n) is 2.73. The van der Waals surface area contributed by atoms with Crippen molar-refractivity contribution in [1.29, 1.82) is 5.26 Å². The van der Waals surface area contributed by atoms with Gasteiger partial charge in [-0.3, -0.25) is 0 Å². The van der Waals surface area contributed by atoms with Crippen molar-refractivity contribution in [3.63, 3.8) is 0 Å². The minimum atomic E-state index is -1.27. The van der Waals surface area contributed by atoms with Crippen LogP contribution in [0.25, 0.3) is 0 Å². The minimum absolute atomic E-state index is 0.227. The molecule has 0 amide bonds. The molecule has 1 aromatic carbocycles. The van der Waals surface area contributed by atoms with Gasteiger partial charge in [0.25, 0.3) is 0 Å². The van der Waals surface area contributed by atoms with Crippen molar-refractivity contribution >= 4 is 5.97 Å². The van der Waals surface area contributed by atoms with E-state index in [2.05, 4.69) is 0 Å². The maximum absolute atomic E-state index is 13.0. The van der Waals surface area contributed by atoms with Crippen LogP contribution in [0.15, 0.2) is 12.1 Å². The van der Waals surface area contributed by atoms with Crippen LogP contribution in [0.4, 0.5) is 4.39 Å². The predicted octanol–water partition coefficient (Wildman–Crippen LogP) is 1.96. The third-order valence-electron chi connectivity index (χ3n) is 1.95. The Balaban J connectivity index is 3.54. The number of halogens is 1. The Bertz CT molecular complexity index is 421. The molecule has 0 aliphatic carbocycles. The van der Waals surface area contributed by atoms with Gasteiger partial charge in [-0.2, -0.15) is 5.26 Å². The van der Waals surface area contributed by atoms with Gasteiger partial charge in [-0.1, -0.05) is 13.0 Å². The van der Waals surface area contributed by atoms with E-state index in [0.29, 0.717) is 12.0 Å². The molecule has 0 saturated heterocycles. The molecule has 1 rings (SSSR count). The van der Waals surface area contributed by atoms with Crippen molar-refractivity contribution in [3.05, 3.63) is 34.6 Å². The number of rotatable bonds is 2. The normalized spacial score (nSPS) is 9.50. The number of carboxylic acids is 1. The molecule has 0 aliphatic rings. The summed E-state index contributed by atoms with van der Waals surface area (Å²) in [7, 11) is 0. The van der Waals surface area contributed by atoms with E-state index in [0.717, 1.165) is 6.07 Å². The fourth-order valence-electron chi connectivity index (χ4n) is 1.27. The summed E-state index contributed by atoms with van der Waals surface area (Å²) in [5, 5.41) is 17.4. The number of carbonyl (C=O) groups is 1. The summed E-state index contributed by atoms with van der Waals surface area (Å²) < 4.78 is 13.0. The monoisotopic (exact) mass is 193 g/mol. The van der Waals surface area contributed by atoms with Crippen molar-refractivity contribution in [3.8, 4) is 6.07 Å². The molecule has 0 heterocycles. The molecule has 72 valence electrons. The van der Waals surface area contributed by atoms with Gasteiger partial charge in [-0.05, 0) is 18.1 Å². The van der Waals surface area contributed by atoms with Gasteiger partial charge < -0.3 is 5.11 Å². The van der Waals surface area contributed by atoms with Gasteiger partial charge in [0.05, 0.1) is 5.56 Å². The number of carboxylic acid groups (broad SMARTS) is 1. The average molecular weight is 193 g/mol. The number of hydrogen-bond donors (Lipinski definition) is 1. The van der Waals surface area contributed by atoms with Crippen molar-refractivity contribution in [1.82, 2.24) is 0 Å². The molecule has 0 bridgehead atoms. The first kappa shape index (κ1) is 10.2. The van der Waals surface area contributed by atoms with Gasteiger partial charge >= 0.3 is 5.97 Å². The standard InChI is InChI=1S/C10H8FNO2/c1-2-6-3-4-8(11)7(5-12)9(6)10(13)14/h3-4H,2H2,1H3,(H,13,14). The van der Waals surface area contributed by atoms with Crippen LogP contribution in [0.3, 0.4) is 0 Å². The molecule has 0 unspecified atom stereocenters. The van der Waals surface area contributed by atoms with Crippen LogP contribution in [-0.2, 0) is 6.42 Å². The SMILES string of the molecule is CCc1ccc(F)c(C#N)c1C(=O)O. The zero-order valence-electron chi connectivity index (χ0n) is 7.54. The molecule has 0 aromatic heterocycles. The molecule has 3 nitrogen and oxygen atoms in total. The molecule has 0 saturated carbocycles. The highest BCUT2D eigenvalue weighted by molar-refractivity contribution is 5.92. The van der Waals surface area contributed by atoms with E-state index in [1.165, 1.54) is 6.07 Å². The van der Waals surface area contributed by atoms with E-state index in [1.807, 2.05) is 0 Å². The molecule has 14 heavy (non-hydrogen) atoms. The third-order valence-corrected chi connectivity index (χ3v) is 1.95. The number of benzene rings is 1. The lowest BCUT2D eigenvalue weighted by Gasteiger charge is -2.05. The van der Waals surface area contributed by atoms with Gasteiger partial charge in [-0.25, -0.2) is 9.18 Å². The summed E-state index contributed by atoms with van der Waals surface area (Å²) in [6.45, 7) is 1.75. The van der Waals surface area contributed by atoms with Crippen LogP contribution in [0.5, 0.6) is 0 Å². The van der Waals surface area contributed by atoms with E-state index < -0.39 is 17.3 Å². The van der Waals surface area contributed by atoms with Crippen LogP contribution in [0.2, 0.25) is 0 Å². The van der Waals surface area contributed by atoms with Crippen molar-refractivity contribution in [2.45, 2.75) is 13.3 Å². The maximum Gasteiger partial charge on any atom is 0.337 e. The first-order valence-electron chi connectivity index (χ1n) is 4.06. The van der Waals surface area contributed by atoms with Crippen molar-refractivity contribution < 1.29 is 14.3 Å². The molecular weight excluding hydrogens is 185 g/mol. The molecule has 0 atom stereocenters. The van der Waals surface area contributed by atoms with Crippen LogP contribution in [-0.4, -0.2) is 11.1 Å². The Morgan fingerprint density at radius 2 is 2.29 bits per heavy atom. The summed E-state index contributed by atoms with van der Waals surface area (Å²) in [5.74, 6) is -2.06. The summed E-state index contributed by atoms with van der Waals surface area (Å²) in [6.07, 6.45) is 0.455. The zero-order chi connectivity index (χ0) is 10.7. The van der Waals surface area contributed by atoms with Crippen molar-refractivity contribution in [2.75, 3.05) is 0 Å². The van der Waals surface area contributed by atoms with Gasteiger partial charge in [-0.15, -0.1) is 0 Å². The van der Waals surface area contributed by atoms with Crippen LogP contribution >= 0.6 is 0 Å². The average Bonchev–Trinajstić information content (AvgIpc) is 2.17. The molecular formula is C10H8FNO2. The Labute approximate surface area is 80.4 Å². The van der Waals surface area contributed by atoms with Crippen LogP contribution in [0, 0.1) is 17.1 Å². The van der Waals surface area contributed by atoms with E-state index in [4.69, 9.17) is 10.4 Å². The van der Waals surface area contributed by atoms with E-state index in [9.17, 15) is 9.18 Å². The topological polar surface area (TPSA) is 61.1 Å². The number of aryl methyl sites for hydroxylation is 1. The Kier molecular flexibility index (Phi) is 2.82. The highest BCUT2D eigenvalue weighted by Gasteiger charge is 2.17. The van der Waals surface area contributed by atoms with E-state index in [1.54, 1.807) is 13.0 Å². The molecule has 1 N–H and O–H groups in total. The smallest absolute Gasteiger partial charge is 0.337 e. The van der Waals surface area contributed by atoms with Gasteiger partial charge in [0.1, 0.15) is 17.4 Å².